The van der Waals surface area contributed by atoms with Crippen LogP contribution in [0.5, 0.6) is 11.5 Å². The number of ether oxygens (including phenoxy) is 2. The van der Waals surface area contributed by atoms with Crippen molar-refractivity contribution in [1.29, 1.82) is 0 Å². The Balaban J connectivity index is 1.39. The van der Waals surface area contributed by atoms with Crippen molar-refractivity contribution in [3.05, 3.63) is 53.2 Å². The van der Waals surface area contributed by atoms with Crippen LogP contribution in [0.25, 0.3) is 11.4 Å². The maximum Gasteiger partial charge on any atom is 0.346 e. The van der Waals surface area contributed by atoms with Gasteiger partial charge in [0.25, 0.3) is 0 Å². The second kappa shape index (κ2) is 6.52. The zero-order valence-corrected chi connectivity index (χ0v) is 14.9. The smallest absolute Gasteiger partial charge is 0.346 e. The second-order valence-electron chi connectivity index (χ2n) is 6.72. The largest absolute Gasteiger partial charge is 0.454 e. The average molecular weight is 379 g/mol. The van der Waals surface area contributed by atoms with E-state index in [9.17, 15) is 9.59 Å². The molecular weight excluding hydrogens is 362 g/mol. The molecule has 0 bridgehead atoms. The number of hydrogen-bond acceptors (Lipinski definition) is 6. The number of aromatic nitrogens is 4. The summed E-state index contributed by atoms with van der Waals surface area (Å²) in [6, 6.07) is 8.91. The number of carbonyl (C=O) groups is 1. The summed E-state index contributed by atoms with van der Waals surface area (Å²) < 4.78 is 13.4. The minimum Gasteiger partial charge on any atom is -0.454 e. The lowest BCUT2D eigenvalue weighted by Gasteiger charge is -2.05. The van der Waals surface area contributed by atoms with Gasteiger partial charge in [0.1, 0.15) is 6.54 Å². The molecule has 2 aromatic heterocycles. The predicted molar refractivity (Wildman–Crippen MR) is 99.2 cm³/mol. The number of fused-ring (bicyclic) bond motifs is 1. The van der Waals surface area contributed by atoms with Gasteiger partial charge in [0.05, 0.1) is 0 Å². The van der Waals surface area contributed by atoms with E-state index in [1.54, 1.807) is 41.2 Å². The van der Waals surface area contributed by atoms with Crippen molar-refractivity contribution in [1.82, 2.24) is 19.3 Å². The Morgan fingerprint density at radius 1 is 1.21 bits per heavy atom. The van der Waals surface area contributed by atoms with Crippen LogP contribution in [0.4, 0.5) is 5.69 Å². The highest BCUT2D eigenvalue weighted by atomic mass is 16.7. The van der Waals surface area contributed by atoms with E-state index in [0.717, 1.165) is 18.4 Å². The number of anilines is 1. The van der Waals surface area contributed by atoms with E-state index in [2.05, 4.69) is 15.4 Å². The topological polar surface area (TPSA) is 100 Å². The number of rotatable bonds is 5. The Hall–Kier alpha value is -3.62. The van der Waals surface area contributed by atoms with Crippen LogP contribution in [0.1, 0.15) is 18.9 Å². The summed E-state index contributed by atoms with van der Waals surface area (Å²) in [5.41, 5.74) is 1.03. The third-order valence-electron chi connectivity index (χ3n) is 4.65. The van der Waals surface area contributed by atoms with Crippen molar-refractivity contribution in [3.8, 4) is 22.9 Å². The lowest BCUT2D eigenvalue weighted by atomic mass is 10.3. The fourth-order valence-corrected chi connectivity index (χ4v) is 3.19. The van der Waals surface area contributed by atoms with E-state index in [1.165, 1.54) is 4.68 Å². The number of nitrogens with one attached hydrogen (secondary N) is 1. The van der Waals surface area contributed by atoms with Gasteiger partial charge in [-0.2, -0.15) is 0 Å². The van der Waals surface area contributed by atoms with Gasteiger partial charge < -0.3 is 14.8 Å². The van der Waals surface area contributed by atoms with E-state index in [1.807, 2.05) is 6.07 Å². The van der Waals surface area contributed by atoms with Gasteiger partial charge in [-0.3, -0.25) is 14.3 Å². The van der Waals surface area contributed by atoms with E-state index in [0.29, 0.717) is 23.0 Å². The van der Waals surface area contributed by atoms with Gasteiger partial charge in [0, 0.05) is 35.8 Å². The Morgan fingerprint density at radius 3 is 2.86 bits per heavy atom. The molecule has 1 amide bonds. The quantitative estimate of drug-likeness (QED) is 0.726. The van der Waals surface area contributed by atoms with Gasteiger partial charge in [-0.05, 0) is 37.1 Å². The molecule has 142 valence electrons. The van der Waals surface area contributed by atoms with Crippen molar-refractivity contribution in [2.24, 2.45) is 0 Å². The van der Waals surface area contributed by atoms with Crippen LogP contribution < -0.4 is 20.5 Å². The lowest BCUT2D eigenvalue weighted by Crippen LogP contribution is -2.30. The van der Waals surface area contributed by atoms with Crippen molar-refractivity contribution in [3.63, 3.8) is 0 Å². The third-order valence-corrected chi connectivity index (χ3v) is 4.65. The first kappa shape index (κ1) is 16.5. The summed E-state index contributed by atoms with van der Waals surface area (Å²) in [5, 5.41) is 7.17. The number of amides is 1. The molecule has 9 heteroatoms. The molecule has 28 heavy (non-hydrogen) atoms. The number of hydrogen-bond donors (Lipinski definition) is 1. The fourth-order valence-electron chi connectivity index (χ4n) is 3.19. The summed E-state index contributed by atoms with van der Waals surface area (Å²) in [6.45, 7) is -0.0158. The molecule has 1 N–H and O–H groups in total. The summed E-state index contributed by atoms with van der Waals surface area (Å²) in [4.78, 5) is 29.4. The Labute approximate surface area is 159 Å². The van der Waals surface area contributed by atoms with Crippen LogP contribution in [-0.2, 0) is 11.3 Å². The maximum absolute atomic E-state index is 12.8. The van der Waals surface area contributed by atoms with Crippen LogP contribution in [0, 0.1) is 0 Å². The number of pyridine rings is 1. The van der Waals surface area contributed by atoms with E-state index in [4.69, 9.17) is 9.47 Å². The number of nitrogens with zero attached hydrogens (tertiary/aromatic N) is 4. The summed E-state index contributed by atoms with van der Waals surface area (Å²) in [5.74, 6) is 1.40. The fraction of sp³-hybridized carbons (Fsp3) is 0.263. The maximum atomic E-state index is 12.8. The van der Waals surface area contributed by atoms with Gasteiger partial charge in [-0.1, -0.05) is 0 Å². The van der Waals surface area contributed by atoms with Crippen LogP contribution in [-0.4, -0.2) is 32.0 Å². The van der Waals surface area contributed by atoms with Gasteiger partial charge >= 0.3 is 5.69 Å². The number of carbonyl (C=O) groups excluding carboxylic acids is 1. The molecule has 0 radical (unpaired) electrons. The molecule has 1 saturated carbocycles. The molecule has 1 aromatic carbocycles. The van der Waals surface area contributed by atoms with Gasteiger partial charge in [-0.15, -0.1) is 5.10 Å². The van der Waals surface area contributed by atoms with E-state index >= 15 is 0 Å². The summed E-state index contributed by atoms with van der Waals surface area (Å²) >= 11 is 0. The molecule has 5 rings (SSSR count). The van der Waals surface area contributed by atoms with Gasteiger partial charge in [-0.25, -0.2) is 9.48 Å². The monoisotopic (exact) mass is 379 g/mol. The van der Waals surface area contributed by atoms with Crippen LogP contribution in [0.2, 0.25) is 0 Å². The molecule has 2 aliphatic rings. The highest BCUT2D eigenvalue weighted by Gasteiger charge is 2.30. The Morgan fingerprint density at radius 2 is 2.07 bits per heavy atom. The van der Waals surface area contributed by atoms with Gasteiger partial charge in [0.2, 0.25) is 12.7 Å². The zero-order chi connectivity index (χ0) is 19.1. The Bertz CT molecular complexity index is 1100. The molecule has 1 fully saturated rings. The van der Waals surface area contributed by atoms with Crippen LogP contribution >= 0.6 is 0 Å². The summed E-state index contributed by atoms with van der Waals surface area (Å²) in [7, 11) is 0. The first-order valence-electron chi connectivity index (χ1n) is 8.98. The predicted octanol–water partition coefficient (Wildman–Crippen LogP) is 1.81. The normalized spacial score (nSPS) is 14.9. The van der Waals surface area contributed by atoms with E-state index < -0.39 is 0 Å². The van der Waals surface area contributed by atoms with Crippen molar-refractivity contribution in [2.75, 3.05) is 12.1 Å². The molecule has 9 nitrogen and oxygen atoms in total. The molecule has 0 atom stereocenters. The molecule has 0 spiro atoms. The highest BCUT2D eigenvalue weighted by molar-refractivity contribution is 5.90. The summed E-state index contributed by atoms with van der Waals surface area (Å²) in [6.07, 6.45) is 5.20. The Kier molecular flexibility index (Phi) is 3.85. The van der Waals surface area contributed by atoms with Gasteiger partial charge in [0.15, 0.2) is 17.3 Å². The molecule has 1 aliphatic heterocycles. The van der Waals surface area contributed by atoms with Crippen molar-refractivity contribution in [2.45, 2.75) is 25.4 Å². The minimum absolute atomic E-state index is 0.133. The lowest BCUT2D eigenvalue weighted by molar-refractivity contribution is -0.117. The molecule has 0 saturated heterocycles. The molecule has 3 aromatic rings. The molecular formula is C19H17N5O4. The second-order valence-corrected chi connectivity index (χ2v) is 6.72. The van der Waals surface area contributed by atoms with Crippen LogP contribution in [0.3, 0.4) is 0 Å². The SMILES string of the molecule is O=C(Cn1nc(-c2cccnc2)n(C2CC2)c1=O)Nc1ccc2c(c1)OCO2. The first-order chi connectivity index (χ1) is 13.7. The molecule has 0 unspecified atom stereocenters. The number of benzene rings is 1. The highest BCUT2D eigenvalue weighted by Crippen LogP contribution is 2.36. The van der Waals surface area contributed by atoms with E-state index in [-0.39, 0.29) is 31.0 Å². The van der Waals surface area contributed by atoms with Crippen LogP contribution in [0.15, 0.2) is 47.5 Å². The zero-order valence-electron chi connectivity index (χ0n) is 14.9. The third kappa shape index (κ3) is 3.00. The standard InChI is InChI=1S/C19H17N5O4/c25-17(21-13-3-6-15-16(8-13)28-11-27-15)10-23-19(26)24(14-4-5-14)18(22-23)12-2-1-7-20-9-12/h1-3,6-9,14H,4-5,10-11H2,(H,21,25). The minimum atomic E-state index is -0.348. The van der Waals surface area contributed by atoms with Crippen molar-refractivity contribution >= 4 is 11.6 Å². The first-order valence-corrected chi connectivity index (χ1v) is 8.98. The molecule has 1 aliphatic carbocycles. The van der Waals surface area contributed by atoms with Crippen molar-refractivity contribution < 1.29 is 14.3 Å². The molecule has 3 heterocycles. The average Bonchev–Trinajstić information content (AvgIpc) is 3.34.